The highest BCUT2D eigenvalue weighted by Crippen LogP contribution is 2.53. The molecular weight excluding hydrogens is 416 g/mol. The summed E-state index contributed by atoms with van der Waals surface area (Å²) >= 11 is 0. The van der Waals surface area contributed by atoms with Crippen molar-refractivity contribution in [1.82, 2.24) is 0 Å². The van der Waals surface area contributed by atoms with Crippen molar-refractivity contribution in [3.63, 3.8) is 0 Å². The van der Waals surface area contributed by atoms with Crippen molar-refractivity contribution in [1.29, 1.82) is 0 Å². The Morgan fingerprint density at radius 2 is 1.18 bits per heavy atom. The Kier molecular flexibility index (Phi) is 13.4. The Hall–Kier alpha value is -0.530. The predicted octanol–water partition coefficient (Wildman–Crippen LogP) is 10.0. The lowest BCUT2D eigenvalue weighted by Gasteiger charge is -2.50. The lowest BCUT2D eigenvalue weighted by Crippen LogP contribution is -2.43. The van der Waals surface area contributed by atoms with Crippen LogP contribution in [-0.4, -0.2) is 12.1 Å². The fourth-order valence-corrected chi connectivity index (χ4v) is 7.90. The first-order chi connectivity index (χ1) is 16.7. The molecule has 6 atom stereocenters. The van der Waals surface area contributed by atoms with Crippen LogP contribution in [0.15, 0.2) is 0 Å². The van der Waals surface area contributed by atoms with Crippen molar-refractivity contribution in [2.75, 3.05) is 0 Å². The number of rotatable bonds is 16. The fraction of sp³-hybridized carbons (Fsp3) is 0.969. The molecule has 3 aliphatic carbocycles. The second kappa shape index (κ2) is 16.3. The van der Waals surface area contributed by atoms with E-state index in [1.54, 1.807) is 0 Å². The van der Waals surface area contributed by atoms with Gasteiger partial charge in [-0.15, -0.1) is 0 Å². The normalized spacial score (nSPS) is 31.0. The first kappa shape index (κ1) is 28.0. The number of ether oxygens (including phenoxy) is 1. The Morgan fingerprint density at radius 3 is 1.85 bits per heavy atom. The molecule has 0 bridgehead atoms. The summed E-state index contributed by atoms with van der Waals surface area (Å²) < 4.78 is 5.98. The molecule has 0 spiro atoms. The minimum Gasteiger partial charge on any atom is -0.462 e. The van der Waals surface area contributed by atoms with Gasteiger partial charge in [0.15, 0.2) is 0 Å². The van der Waals surface area contributed by atoms with Gasteiger partial charge in [0, 0.05) is 6.42 Å². The van der Waals surface area contributed by atoms with E-state index in [0.29, 0.717) is 6.42 Å². The third-order valence-corrected chi connectivity index (χ3v) is 9.85. The van der Waals surface area contributed by atoms with Gasteiger partial charge in [-0.3, -0.25) is 4.79 Å². The maximum absolute atomic E-state index is 12.4. The van der Waals surface area contributed by atoms with E-state index in [-0.39, 0.29) is 12.1 Å². The topological polar surface area (TPSA) is 26.3 Å². The predicted molar refractivity (Wildman–Crippen MR) is 145 cm³/mol. The molecule has 6 unspecified atom stereocenters. The van der Waals surface area contributed by atoms with E-state index in [0.717, 1.165) is 48.9 Å². The molecule has 2 nitrogen and oxygen atoms in total. The largest absolute Gasteiger partial charge is 0.462 e. The molecule has 0 aromatic rings. The third kappa shape index (κ3) is 9.50. The molecule has 3 fully saturated rings. The molecular formula is C32H58O2. The van der Waals surface area contributed by atoms with Crippen molar-refractivity contribution >= 4 is 5.97 Å². The molecule has 3 rings (SSSR count). The summed E-state index contributed by atoms with van der Waals surface area (Å²) in [7, 11) is 0. The van der Waals surface area contributed by atoms with Gasteiger partial charge in [-0.05, 0) is 81.0 Å². The zero-order chi connectivity index (χ0) is 24.0. The summed E-state index contributed by atoms with van der Waals surface area (Å²) in [5.41, 5.74) is 0. The quantitative estimate of drug-likeness (QED) is 0.164. The first-order valence-electron chi connectivity index (χ1n) is 15.9. The van der Waals surface area contributed by atoms with Gasteiger partial charge in [-0.1, -0.05) is 104 Å². The van der Waals surface area contributed by atoms with Crippen molar-refractivity contribution < 1.29 is 9.53 Å². The Bertz CT molecular complexity index is 543. The summed E-state index contributed by atoms with van der Waals surface area (Å²) in [5, 5.41) is 0. The van der Waals surface area contributed by atoms with Crippen LogP contribution >= 0.6 is 0 Å². The molecule has 0 aliphatic heterocycles. The van der Waals surface area contributed by atoms with Crippen LogP contribution in [0.5, 0.6) is 0 Å². The van der Waals surface area contributed by atoms with E-state index in [4.69, 9.17) is 4.74 Å². The molecule has 0 heterocycles. The summed E-state index contributed by atoms with van der Waals surface area (Å²) in [5.74, 6) is 4.88. The van der Waals surface area contributed by atoms with Crippen molar-refractivity contribution in [2.45, 2.75) is 168 Å². The van der Waals surface area contributed by atoms with Gasteiger partial charge in [0.1, 0.15) is 6.10 Å². The van der Waals surface area contributed by atoms with Crippen LogP contribution < -0.4 is 0 Å². The maximum atomic E-state index is 12.4. The fourth-order valence-electron chi connectivity index (χ4n) is 7.90. The van der Waals surface area contributed by atoms with Crippen LogP contribution in [0.25, 0.3) is 0 Å². The summed E-state index contributed by atoms with van der Waals surface area (Å²) in [4.78, 5) is 12.4. The summed E-state index contributed by atoms with van der Waals surface area (Å²) in [6.45, 7) is 4.57. The molecule has 34 heavy (non-hydrogen) atoms. The van der Waals surface area contributed by atoms with Crippen molar-refractivity contribution in [3.05, 3.63) is 0 Å². The van der Waals surface area contributed by atoms with Gasteiger partial charge < -0.3 is 4.74 Å². The number of carbonyl (C=O) groups excluding carboxylic acids is 1. The van der Waals surface area contributed by atoms with Crippen LogP contribution in [-0.2, 0) is 9.53 Å². The van der Waals surface area contributed by atoms with Gasteiger partial charge in [0.25, 0.3) is 0 Å². The lowest BCUT2D eigenvalue weighted by atomic mass is 9.56. The standard InChI is InChI=1S/C32H58O2/c1-3-5-7-9-11-13-15-17-32(33)34-29-21-23-31-28(25-29)20-19-27-24-26(18-22-30(27)31)16-14-12-10-8-6-4-2/h26-31H,3-25H2,1-2H3. The lowest BCUT2D eigenvalue weighted by molar-refractivity contribution is -0.153. The second-order valence-electron chi connectivity index (χ2n) is 12.5. The second-order valence-corrected chi connectivity index (χ2v) is 12.5. The number of esters is 1. The molecule has 0 aromatic heterocycles. The molecule has 2 heteroatoms. The van der Waals surface area contributed by atoms with Crippen LogP contribution in [0.4, 0.5) is 0 Å². The molecule has 0 aromatic carbocycles. The smallest absolute Gasteiger partial charge is 0.306 e. The Morgan fingerprint density at radius 1 is 0.618 bits per heavy atom. The highest BCUT2D eigenvalue weighted by Gasteiger charge is 2.44. The van der Waals surface area contributed by atoms with E-state index in [2.05, 4.69) is 13.8 Å². The molecule has 0 amide bonds. The van der Waals surface area contributed by atoms with Gasteiger partial charge in [0.05, 0.1) is 0 Å². The molecule has 0 N–H and O–H groups in total. The highest BCUT2D eigenvalue weighted by molar-refractivity contribution is 5.69. The van der Waals surface area contributed by atoms with Crippen molar-refractivity contribution in [3.8, 4) is 0 Å². The van der Waals surface area contributed by atoms with Crippen LogP contribution in [0.3, 0.4) is 0 Å². The van der Waals surface area contributed by atoms with Crippen LogP contribution in [0.2, 0.25) is 0 Å². The van der Waals surface area contributed by atoms with Gasteiger partial charge in [0.2, 0.25) is 0 Å². The summed E-state index contributed by atoms with van der Waals surface area (Å²) in [6.07, 6.45) is 30.8. The third-order valence-electron chi connectivity index (χ3n) is 9.85. The average molecular weight is 475 g/mol. The molecule has 0 radical (unpaired) electrons. The number of hydrogen-bond donors (Lipinski definition) is 0. The first-order valence-corrected chi connectivity index (χ1v) is 15.9. The van der Waals surface area contributed by atoms with Gasteiger partial charge >= 0.3 is 5.97 Å². The number of carbonyl (C=O) groups is 1. The van der Waals surface area contributed by atoms with Crippen molar-refractivity contribution in [2.24, 2.45) is 29.6 Å². The molecule has 198 valence electrons. The van der Waals surface area contributed by atoms with Crippen LogP contribution in [0.1, 0.15) is 162 Å². The van der Waals surface area contributed by atoms with Crippen LogP contribution in [0, 0.1) is 29.6 Å². The Labute approximate surface area is 212 Å². The zero-order valence-electron chi connectivity index (χ0n) is 23.0. The highest BCUT2D eigenvalue weighted by atomic mass is 16.5. The number of fused-ring (bicyclic) bond motifs is 3. The van der Waals surface area contributed by atoms with E-state index in [1.165, 1.54) is 122 Å². The van der Waals surface area contributed by atoms with E-state index < -0.39 is 0 Å². The number of hydrogen-bond acceptors (Lipinski definition) is 2. The molecule has 3 aliphatic rings. The van der Waals surface area contributed by atoms with E-state index in [9.17, 15) is 4.79 Å². The minimum absolute atomic E-state index is 0.0842. The average Bonchev–Trinajstić information content (AvgIpc) is 2.85. The minimum atomic E-state index is 0.0842. The van der Waals surface area contributed by atoms with Gasteiger partial charge in [-0.2, -0.15) is 0 Å². The maximum Gasteiger partial charge on any atom is 0.306 e. The summed E-state index contributed by atoms with van der Waals surface area (Å²) in [6, 6.07) is 0. The van der Waals surface area contributed by atoms with E-state index in [1.807, 2.05) is 0 Å². The zero-order valence-corrected chi connectivity index (χ0v) is 23.0. The monoisotopic (exact) mass is 474 g/mol. The molecule has 0 saturated heterocycles. The van der Waals surface area contributed by atoms with Gasteiger partial charge in [-0.25, -0.2) is 0 Å². The Balaban J connectivity index is 1.28. The molecule has 3 saturated carbocycles. The number of unbranched alkanes of at least 4 members (excludes halogenated alkanes) is 11. The van der Waals surface area contributed by atoms with E-state index >= 15 is 0 Å². The SMILES string of the molecule is CCCCCCCCCC(=O)OC1CCC2C(CCC3CC(CCCCCCCC)CCC32)C1.